The van der Waals surface area contributed by atoms with E-state index in [0.29, 0.717) is 0 Å². The molecule has 0 saturated heterocycles. The lowest BCUT2D eigenvalue weighted by molar-refractivity contribution is 0.710. The van der Waals surface area contributed by atoms with Gasteiger partial charge in [0.05, 0.1) is 5.69 Å². The van der Waals surface area contributed by atoms with Crippen molar-refractivity contribution in [2.45, 2.75) is 12.5 Å². The number of hydrogen-bond donors (Lipinski definition) is 1. The number of benzene rings is 1. The van der Waals surface area contributed by atoms with Crippen molar-refractivity contribution in [3.05, 3.63) is 65.6 Å². The molecular formula is C15H14N4S. The third-order valence-corrected chi connectivity index (χ3v) is 3.92. The fraction of sp³-hybridized carbons (Fsp3) is 0.133. The fourth-order valence-electron chi connectivity index (χ4n) is 1.98. The summed E-state index contributed by atoms with van der Waals surface area (Å²) in [4.78, 5) is 12.7. The van der Waals surface area contributed by atoms with E-state index in [2.05, 4.69) is 15.0 Å². The molecule has 1 unspecified atom stereocenters. The molecule has 0 bridgehead atoms. The first-order valence-corrected chi connectivity index (χ1v) is 7.22. The number of hydrogen-bond acceptors (Lipinski definition) is 5. The van der Waals surface area contributed by atoms with E-state index < -0.39 is 0 Å². The highest BCUT2D eigenvalue weighted by molar-refractivity contribution is 7.13. The van der Waals surface area contributed by atoms with Gasteiger partial charge in [0.1, 0.15) is 17.0 Å². The number of thiazole rings is 1. The van der Waals surface area contributed by atoms with Gasteiger partial charge in [0.25, 0.3) is 0 Å². The maximum absolute atomic E-state index is 6.21. The molecule has 1 aromatic carbocycles. The molecule has 0 amide bonds. The molecule has 2 N–H and O–H groups in total. The number of nitrogens with zero attached hydrogens (tertiary/aromatic N) is 3. The van der Waals surface area contributed by atoms with E-state index in [1.807, 2.05) is 41.8 Å². The first-order chi connectivity index (χ1) is 9.83. The molecule has 0 aliphatic heterocycles. The third-order valence-electron chi connectivity index (χ3n) is 3.01. The molecule has 2 aromatic heterocycles. The number of nitrogens with two attached hydrogens (primary N) is 1. The van der Waals surface area contributed by atoms with E-state index in [1.165, 1.54) is 6.33 Å². The Morgan fingerprint density at radius 1 is 1.15 bits per heavy atom. The van der Waals surface area contributed by atoms with Crippen LogP contribution in [0.25, 0.3) is 10.7 Å². The van der Waals surface area contributed by atoms with Gasteiger partial charge in [-0.1, -0.05) is 30.3 Å². The zero-order valence-corrected chi connectivity index (χ0v) is 11.6. The Morgan fingerprint density at radius 3 is 2.75 bits per heavy atom. The fourth-order valence-corrected chi connectivity index (χ4v) is 2.79. The van der Waals surface area contributed by atoms with E-state index in [9.17, 15) is 0 Å². The lowest BCUT2D eigenvalue weighted by Crippen LogP contribution is -2.13. The Bertz CT molecular complexity index is 667. The summed E-state index contributed by atoms with van der Waals surface area (Å²) in [6.45, 7) is 0. The van der Waals surface area contributed by atoms with E-state index in [4.69, 9.17) is 5.73 Å². The number of aromatic nitrogens is 3. The van der Waals surface area contributed by atoms with Crippen molar-refractivity contribution in [1.29, 1.82) is 0 Å². The molecule has 4 nitrogen and oxygen atoms in total. The Kier molecular flexibility index (Phi) is 3.80. The average Bonchev–Trinajstić information content (AvgIpc) is 2.97. The van der Waals surface area contributed by atoms with Crippen LogP contribution in [-0.4, -0.2) is 15.0 Å². The topological polar surface area (TPSA) is 64.7 Å². The lowest BCUT2D eigenvalue weighted by Gasteiger charge is -2.09. The highest BCUT2D eigenvalue weighted by Gasteiger charge is 2.11. The van der Waals surface area contributed by atoms with Crippen LogP contribution in [0.15, 0.2) is 54.3 Å². The molecule has 3 rings (SSSR count). The summed E-state index contributed by atoms with van der Waals surface area (Å²) in [7, 11) is 0. The molecule has 20 heavy (non-hydrogen) atoms. The number of rotatable bonds is 4. The summed E-state index contributed by atoms with van der Waals surface area (Å²) >= 11 is 1.58. The van der Waals surface area contributed by atoms with Crippen LogP contribution in [-0.2, 0) is 6.42 Å². The van der Waals surface area contributed by atoms with Crippen molar-refractivity contribution < 1.29 is 0 Å². The van der Waals surface area contributed by atoms with Gasteiger partial charge in [-0.2, -0.15) is 0 Å². The summed E-state index contributed by atoms with van der Waals surface area (Å²) in [5.74, 6) is 0. The quantitative estimate of drug-likeness (QED) is 0.799. The van der Waals surface area contributed by atoms with Crippen molar-refractivity contribution in [3.8, 4) is 10.7 Å². The second-order valence-electron chi connectivity index (χ2n) is 4.46. The normalized spacial score (nSPS) is 12.2. The molecular weight excluding hydrogens is 268 g/mol. The maximum atomic E-state index is 6.21. The zero-order chi connectivity index (χ0) is 13.8. The van der Waals surface area contributed by atoms with E-state index in [0.717, 1.165) is 28.4 Å². The van der Waals surface area contributed by atoms with Gasteiger partial charge in [-0.3, -0.25) is 0 Å². The standard InChI is InChI=1S/C15H14N4S/c16-13(11-4-2-1-3-5-11)8-12-9-20-15(19-12)14-6-7-17-10-18-14/h1-7,9-10,13H,8,16H2. The first kappa shape index (κ1) is 12.9. The predicted octanol–water partition coefficient (Wildman–Crippen LogP) is 2.84. The summed E-state index contributed by atoms with van der Waals surface area (Å²) in [5.41, 5.74) is 9.19. The third kappa shape index (κ3) is 2.89. The van der Waals surface area contributed by atoms with Crippen LogP contribution in [0, 0.1) is 0 Å². The van der Waals surface area contributed by atoms with Gasteiger partial charge in [0, 0.05) is 24.0 Å². The van der Waals surface area contributed by atoms with Crippen LogP contribution in [0.1, 0.15) is 17.3 Å². The van der Waals surface area contributed by atoms with E-state index in [-0.39, 0.29) is 6.04 Å². The first-order valence-electron chi connectivity index (χ1n) is 6.34. The van der Waals surface area contributed by atoms with Crippen LogP contribution in [0.2, 0.25) is 0 Å². The Balaban J connectivity index is 1.75. The zero-order valence-electron chi connectivity index (χ0n) is 10.8. The van der Waals surface area contributed by atoms with Crippen molar-refractivity contribution in [2.75, 3.05) is 0 Å². The lowest BCUT2D eigenvalue weighted by atomic mass is 10.0. The largest absolute Gasteiger partial charge is 0.324 e. The van der Waals surface area contributed by atoms with Gasteiger partial charge >= 0.3 is 0 Å². The maximum Gasteiger partial charge on any atom is 0.142 e. The minimum absolute atomic E-state index is 0.0310. The van der Waals surface area contributed by atoms with E-state index in [1.54, 1.807) is 17.5 Å². The van der Waals surface area contributed by atoms with Gasteiger partial charge in [-0.05, 0) is 11.6 Å². The van der Waals surface area contributed by atoms with Crippen molar-refractivity contribution in [3.63, 3.8) is 0 Å². The smallest absolute Gasteiger partial charge is 0.142 e. The van der Waals surface area contributed by atoms with E-state index >= 15 is 0 Å². The van der Waals surface area contributed by atoms with Gasteiger partial charge in [-0.25, -0.2) is 15.0 Å². The molecule has 3 aromatic rings. The Labute approximate surface area is 121 Å². The van der Waals surface area contributed by atoms with Crippen LogP contribution in [0.5, 0.6) is 0 Å². The van der Waals surface area contributed by atoms with Crippen molar-refractivity contribution in [2.24, 2.45) is 5.73 Å². The molecule has 100 valence electrons. The summed E-state index contributed by atoms with van der Waals surface area (Å²) < 4.78 is 0. The average molecular weight is 282 g/mol. The second-order valence-corrected chi connectivity index (χ2v) is 5.32. The second kappa shape index (κ2) is 5.90. The molecule has 0 aliphatic rings. The van der Waals surface area contributed by atoms with Crippen molar-refractivity contribution in [1.82, 2.24) is 15.0 Å². The molecule has 0 radical (unpaired) electrons. The van der Waals surface area contributed by atoms with Crippen LogP contribution >= 0.6 is 11.3 Å². The van der Waals surface area contributed by atoms with Crippen molar-refractivity contribution >= 4 is 11.3 Å². The molecule has 0 fully saturated rings. The minimum Gasteiger partial charge on any atom is -0.324 e. The molecule has 0 spiro atoms. The molecule has 1 atom stereocenters. The molecule has 2 heterocycles. The minimum atomic E-state index is -0.0310. The molecule has 0 aliphatic carbocycles. The summed E-state index contributed by atoms with van der Waals surface area (Å²) in [6, 6.07) is 11.9. The predicted molar refractivity (Wildman–Crippen MR) is 80.2 cm³/mol. The molecule has 0 saturated carbocycles. The summed E-state index contributed by atoms with van der Waals surface area (Å²) in [5, 5.41) is 2.95. The van der Waals surface area contributed by atoms with Crippen LogP contribution in [0.3, 0.4) is 0 Å². The van der Waals surface area contributed by atoms with Gasteiger partial charge in [-0.15, -0.1) is 11.3 Å². The van der Waals surface area contributed by atoms with Gasteiger partial charge in [0.2, 0.25) is 0 Å². The van der Waals surface area contributed by atoms with Crippen LogP contribution in [0.4, 0.5) is 0 Å². The Hall–Kier alpha value is -2.11. The van der Waals surface area contributed by atoms with Crippen LogP contribution < -0.4 is 5.73 Å². The monoisotopic (exact) mass is 282 g/mol. The highest BCUT2D eigenvalue weighted by Crippen LogP contribution is 2.23. The summed E-state index contributed by atoms with van der Waals surface area (Å²) in [6.07, 6.45) is 3.98. The van der Waals surface area contributed by atoms with Gasteiger partial charge in [0.15, 0.2) is 0 Å². The highest BCUT2D eigenvalue weighted by atomic mass is 32.1. The molecule has 5 heteroatoms. The Morgan fingerprint density at radius 2 is 2.00 bits per heavy atom. The van der Waals surface area contributed by atoms with Gasteiger partial charge < -0.3 is 5.73 Å². The SMILES string of the molecule is NC(Cc1csc(-c2ccncn2)n1)c1ccccc1.